The molecule has 4 heteroatoms. The van der Waals surface area contributed by atoms with Gasteiger partial charge in [0.05, 0.1) is 18.9 Å². The number of hydrogen-bond acceptors (Lipinski definition) is 3. The van der Waals surface area contributed by atoms with Crippen LogP contribution in [0, 0.1) is 5.92 Å². The van der Waals surface area contributed by atoms with Crippen LogP contribution in [0.4, 0.5) is 0 Å². The van der Waals surface area contributed by atoms with E-state index in [0.29, 0.717) is 25.9 Å². The standard InChI is InChI=1S/C18H23NO3/c1-22-18(21)14-9-11-19(12-10-14)17(20)16-8-4-6-13-5-2-3-7-15(13)16/h2-3,5,7,14,16H,4,6,8-12H2,1H3. The molecule has 2 aliphatic rings. The normalized spacial score (nSPS) is 22.0. The lowest BCUT2D eigenvalue weighted by molar-refractivity contribution is -0.149. The van der Waals surface area contributed by atoms with Gasteiger partial charge in [-0.25, -0.2) is 0 Å². The molecule has 1 fully saturated rings. The molecule has 4 nitrogen and oxygen atoms in total. The smallest absolute Gasteiger partial charge is 0.308 e. The molecule has 1 aliphatic carbocycles. The van der Waals surface area contributed by atoms with E-state index in [1.54, 1.807) is 0 Å². The zero-order valence-corrected chi connectivity index (χ0v) is 13.1. The summed E-state index contributed by atoms with van der Waals surface area (Å²) >= 11 is 0. The number of hydrogen-bond donors (Lipinski definition) is 0. The molecule has 0 saturated carbocycles. The highest BCUT2D eigenvalue weighted by atomic mass is 16.5. The molecule has 1 saturated heterocycles. The van der Waals surface area contributed by atoms with Gasteiger partial charge in [-0.1, -0.05) is 24.3 Å². The maximum atomic E-state index is 12.9. The van der Waals surface area contributed by atoms with Crippen molar-refractivity contribution in [2.45, 2.75) is 38.0 Å². The molecular weight excluding hydrogens is 278 g/mol. The molecule has 1 aliphatic heterocycles. The Balaban J connectivity index is 1.67. The highest BCUT2D eigenvalue weighted by Crippen LogP contribution is 2.33. The van der Waals surface area contributed by atoms with Gasteiger partial charge in [0.2, 0.25) is 5.91 Å². The number of ether oxygens (including phenoxy) is 1. The van der Waals surface area contributed by atoms with Gasteiger partial charge in [-0.05, 0) is 43.2 Å². The first-order valence-corrected chi connectivity index (χ1v) is 8.15. The Bertz CT molecular complexity index is 561. The van der Waals surface area contributed by atoms with E-state index < -0.39 is 0 Å². The van der Waals surface area contributed by atoms with Crippen molar-refractivity contribution in [1.82, 2.24) is 4.90 Å². The number of carbonyl (C=O) groups excluding carboxylic acids is 2. The average Bonchev–Trinajstić information content (AvgIpc) is 2.60. The van der Waals surface area contributed by atoms with Gasteiger partial charge < -0.3 is 9.64 Å². The molecule has 1 heterocycles. The summed E-state index contributed by atoms with van der Waals surface area (Å²) in [5, 5.41) is 0. The van der Waals surface area contributed by atoms with Gasteiger partial charge in [0.25, 0.3) is 0 Å². The summed E-state index contributed by atoms with van der Waals surface area (Å²) in [6.45, 7) is 1.33. The van der Waals surface area contributed by atoms with Gasteiger partial charge in [-0.3, -0.25) is 9.59 Å². The number of esters is 1. The minimum atomic E-state index is -0.143. The van der Waals surface area contributed by atoms with Crippen LogP contribution >= 0.6 is 0 Å². The fourth-order valence-corrected chi connectivity index (χ4v) is 3.73. The molecule has 0 radical (unpaired) electrons. The van der Waals surface area contributed by atoms with Crippen molar-refractivity contribution in [3.63, 3.8) is 0 Å². The minimum Gasteiger partial charge on any atom is -0.469 e. The molecule has 3 rings (SSSR count). The van der Waals surface area contributed by atoms with E-state index in [1.165, 1.54) is 18.2 Å². The number of fused-ring (bicyclic) bond motifs is 1. The quantitative estimate of drug-likeness (QED) is 0.789. The van der Waals surface area contributed by atoms with E-state index in [0.717, 1.165) is 19.3 Å². The molecule has 22 heavy (non-hydrogen) atoms. The lowest BCUT2D eigenvalue weighted by Crippen LogP contribution is -2.43. The maximum absolute atomic E-state index is 12.9. The second-order valence-electron chi connectivity index (χ2n) is 6.27. The number of amides is 1. The molecule has 0 N–H and O–H groups in total. The molecular formula is C18H23NO3. The summed E-state index contributed by atoms with van der Waals surface area (Å²) in [5.41, 5.74) is 2.52. The monoisotopic (exact) mass is 301 g/mol. The summed E-state index contributed by atoms with van der Waals surface area (Å²) < 4.78 is 4.81. The number of benzene rings is 1. The van der Waals surface area contributed by atoms with E-state index in [-0.39, 0.29) is 23.7 Å². The Hall–Kier alpha value is -1.84. The fraction of sp³-hybridized carbons (Fsp3) is 0.556. The van der Waals surface area contributed by atoms with Crippen molar-refractivity contribution >= 4 is 11.9 Å². The highest BCUT2D eigenvalue weighted by molar-refractivity contribution is 5.85. The van der Waals surface area contributed by atoms with Crippen molar-refractivity contribution in [3.05, 3.63) is 35.4 Å². The molecule has 1 amide bonds. The first-order valence-electron chi connectivity index (χ1n) is 8.15. The summed E-state index contributed by atoms with van der Waals surface area (Å²) in [7, 11) is 1.43. The molecule has 0 spiro atoms. The van der Waals surface area contributed by atoms with Crippen molar-refractivity contribution in [2.24, 2.45) is 5.92 Å². The number of piperidine rings is 1. The molecule has 1 aromatic rings. The van der Waals surface area contributed by atoms with E-state index in [2.05, 4.69) is 12.1 Å². The number of methoxy groups -OCH3 is 1. The first-order chi connectivity index (χ1) is 10.7. The Kier molecular flexibility index (Phi) is 4.46. The third kappa shape index (κ3) is 2.87. The molecule has 0 bridgehead atoms. The lowest BCUT2D eigenvalue weighted by atomic mass is 9.81. The van der Waals surface area contributed by atoms with Crippen molar-refractivity contribution < 1.29 is 14.3 Å². The van der Waals surface area contributed by atoms with E-state index in [4.69, 9.17) is 4.74 Å². The summed E-state index contributed by atoms with van der Waals surface area (Å²) in [5.74, 6) is 0.0397. The maximum Gasteiger partial charge on any atom is 0.308 e. The summed E-state index contributed by atoms with van der Waals surface area (Å²) in [6.07, 6.45) is 4.52. The van der Waals surface area contributed by atoms with Crippen LogP contribution in [-0.2, 0) is 20.7 Å². The van der Waals surface area contributed by atoms with Crippen LogP contribution < -0.4 is 0 Å². The van der Waals surface area contributed by atoms with E-state index >= 15 is 0 Å². The van der Waals surface area contributed by atoms with Crippen LogP contribution in [0.25, 0.3) is 0 Å². The predicted molar refractivity (Wildman–Crippen MR) is 83.4 cm³/mol. The molecule has 0 aromatic heterocycles. The molecule has 1 atom stereocenters. The second kappa shape index (κ2) is 6.51. The van der Waals surface area contributed by atoms with E-state index in [9.17, 15) is 9.59 Å². The van der Waals surface area contributed by atoms with Gasteiger partial charge in [0.1, 0.15) is 0 Å². The predicted octanol–water partition coefficient (Wildman–Crippen LogP) is 2.52. The van der Waals surface area contributed by atoms with Gasteiger partial charge in [-0.15, -0.1) is 0 Å². The van der Waals surface area contributed by atoms with Crippen molar-refractivity contribution in [3.8, 4) is 0 Å². The fourth-order valence-electron chi connectivity index (χ4n) is 3.73. The first kappa shape index (κ1) is 15.1. The van der Waals surface area contributed by atoms with Crippen LogP contribution in [0.1, 0.15) is 42.7 Å². The number of rotatable bonds is 2. The minimum absolute atomic E-state index is 0.000346. The van der Waals surface area contributed by atoms with Gasteiger partial charge in [-0.2, -0.15) is 0 Å². The van der Waals surface area contributed by atoms with Crippen LogP contribution in [-0.4, -0.2) is 37.0 Å². The highest BCUT2D eigenvalue weighted by Gasteiger charge is 2.33. The number of aryl methyl sites for hydroxylation is 1. The number of carbonyl (C=O) groups is 2. The Morgan fingerprint density at radius 1 is 1.14 bits per heavy atom. The van der Waals surface area contributed by atoms with Crippen LogP contribution in [0.15, 0.2) is 24.3 Å². The average molecular weight is 301 g/mol. The lowest BCUT2D eigenvalue weighted by Gasteiger charge is -2.35. The topological polar surface area (TPSA) is 46.6 Å². The molecule has 1 unspecified atom stereocenters. The number of nitrogens with zero attached hydrogens (tertiary/aromatic N) is 1. The Morgan fingerprint density at radius 2 is 1.86 bits per heavy atom. The van der Waals surface area contributed by atoms with Crippen molar-refractivity contribution in [1.29, 1.82) is 0 Å². The second-order valence-corrected chi connectivity index (χ2v) is 6.27. The third-order valence-corrected chi connectivity index (χ3v) is 5.01. The largest absolute Gasteiger partial charge is 0.469 e. The van der Waals surface area contributed by atoms with Crippen LogP contribution in [0.5, 0.6) is 0 Å². The van der Waals surface area contributed by atoms with Gasteiger partial charge in [0.15, 0.2) is 0 Å². The van der Waals surface area contributed by atoms with E-state index in [1.807, 2.05) is 17.0 Å². The Labute approximate surface area is 131 Å². The summed E-state index contributed by atoms with van der Waals surface area (Å²) in [6, 6.07) is 8.30. The van der Waals surface area contributed by atoms with Gasteiger partial charge in [0, 0.05) is 13.1 Å². The van der Waals surface area contributed by atoms with Crippen molar-refractivity contribution in [2.75, 3.05) is 20.2 Å². The zero-order valence-electron chi connectivity index (χ0n) is 13.1. The summed E-state index contributed by atoms with van der Waals surface area (Å²) in [4.78, 5) is 26.4. The van der Waals surface area contributed by atoms with Crippen LogP contribution in [0.3, 0.4) is 0 Å². The van der Waals surface area contributed by atoms with Crippen LogP contribution in [0.2, 0.25) is 0 Å². The van der Waals surface area contributed by atoms with Gasteiger partial charge >= 0.3 is 5.97 Å². The Morgan fingerprint density at radius 3 is 2.59 bits per heavy atom. The molecule has 118 valence electrons. The molecule has 1 aromatic carbocycles. The number of likely N-dealkylation sites (tertiary alicyclic amines) is 1. The SMILES string of the molecule is COC(=O)C1CCN(C(=O)C2CCCc3ccccc32)CC1. The third-order valence-electron chi connectivity index (χ3n) is 5.01. The zero-order chi connectivity index (χ0) is 15.5.